The molecular weight excluding hydrogens is 484 g/mol. The number of nitrogens with zero attached hydrogens (tertiary/aromatic N) is 2. The summed E-state index contributed by atoms with van der Waals surface area (Å²) in [5.41, 5.74) is 10.8. The number of nitrogens with two attached hydrogens (primary N) is 1. The van der Waals surface area contributed by atoms with Crippen molar-refractivity contribution in [1.29, 1.82) is 0 Å². The minimum Gasteiger partial charge on any atom is -0.495 e. The molecule has 3 aromatic rings. The average molecular weight is 529 g/mol. The van der Waals surface area contributed by atoms with Crippen LogP contribution in [0.5, 0.6) is 5.75 Å². The monoisotopic (exact) mass is 528 g/mol. The third-order valence-electron chi connectivity index (χ3n) is 8.23. The Labute approximate surface area is 234 Å². The standard InChI is InChI=1S/C33H44N4O2/c1-6-13-23-18-19-29(39-5)27(20-23)37(4)32-26(21-28(33(34)38)36(2)3)22-35-31(32)30(24-14-9-7-10-15-24)25-16-11-8-12-17-25/h7-12,14-20,26,28,30-32,35H,6,13,21-22H2,1-5H3,(H2,34,38). The molecule has 6 heteroatoms. The molecule has 0 spiro atoms. The van der Waals surface area contributed by atoms with Crippen molar-refractivity contribution in [1.82, 2.24) is 10.2 Å². The predicted molar refractivity (Wildman–Crippen MR) is 160 cm³/mol. The number of carbonyl (C=O) groups excluding carboxylic acids is 1. The fraction of sp³-hybridized carbons (Fsp3) is 0.424. The van der Waals surface area contributed by atoms with Gasteiger partial charge >= 0.3 is 0 Å². The van der Waals surface area contributed by atoms with Gasteiger partial charge in [0.2, 0.25) is 5.91 Å². The van der Waals surface area contributed by atoms with E-state index in [-0.39, 0.29) is 35.9 Å². The van der Waals surface area contributed by atoms with E-state index in [2.05, 4.69) is 103 Å². The Hall–Kier alpha value is -3.35. The summed E-state index contributed by atoms with van der Waals surface area (Å²) in [6.07, 6.45) is 2.77. The van der Waals surface area contributed by atoms with Gasteiger partial charge in [-0.1, -0.05) is 80.1 Å². The zero-order valence-corrected chi connectivity index (χ0v) is 24.0. The Balaban J connectivity index is 1.83. The molecule has 39 heavy (non-hydrogen) atoms. The molecule has 6 nitrogen and oxygen atoms in total. The molecule has 3 aromatic carbocycles. The first kappa shape index (κ1) is 28.7. The molecule has 4 unspecified atom stereocenters. The van der Waals surface area contributed by atoms with Crippen molar-refractivity contribution in [2.75, 3.05) is 39.7 Å². The van der Waals surface area contributed by atoms with E-state index in [1.54, 1.807) is 7.11 Å². The molecule has 0 radical (unpaired) electrons. The minimum atomic E-state index is -0.341. The van der Waals surface area contributed by atoms with Gasteiger partial charge in [0.05, 0.1) is 18.8 Å². The maximum atomic E-state index is 12.5. The van der Waals surface area contributed by atoms with Gasteiger partial charge in [0, 0.05) is 31.6 Å². The smallest absolute Gasteiger partial charge is 0.234 e. The highest BCUT2D eigenvalue weighted by molar-refractivity contribution is 5.79. The van der Waals surface area contributed by atoms with E-state index in [0.29, 0.717) is 6.42 Å². The van der Waals surface area contributed by atoms with Gasteiger partial charge in [-0.2, -0.15) is 0 Å². The van der Waals surface area contributed by atoms with Crippen LogP contribution in [0.2, 0.25) is 0 Å². The van der Waals surface area contributed by atoms with Gasteiger partial charge < -0.3 is 20.7 Å². The number of amides is 1. The van der Waals surface area contributed by atoms with E-state index in [0.717, 1.165) is 30.8 Å². The lowest BCUT2D eigenvalue weighted by atomic mass is 9.79. The van der Waals surface area contributed by atoms with Gasteiger partial charge in [0.25, 0.3) is 0 Å². The second-order valence-corrected chi connectivity index (χ2v) is 11.0. The lowest BCUT2D eigenvalue weighted by Crippen LogP contribution is -2.50. The zero-order valence-electron chi connectivity index (χ0n) is 24.0. The van der Waals surface area contributed by atoms with Crippen LogP contribution in [-0.2, 0) is 11.2 Å². The molecule has 1 aliphatic heterocycles. The van der Waals surface area contributed by atoms with E-state index in [4.69, 9.17) is 10.5 Å². The van der Waals surface area contributed by atoms with Crippen LogP contribution in [0, 0.1) is 5.92 Å². The molecule has 4 rings (SSSR count). The first-order chi connectivity index (χ1) is 18.8. The van der Waals surface area contributed by atoms with Gasteiger partial charge in [-0.05, 0) is 61.7 Å². The summed E-state index contributed by atoms with van der Waals surface area (Å²) in [7, 11) is 7.77. The molecule has 3 N–H and O–H groups in total. The first-order valence-corrected chi connectivity index (χ1v) is 14.0. The van der Waals surface area contributed by atoms with Crippen LogP contribution in [0.1, 0.15) is 42.4 Å². The number of anilines is 1. The minimum absolute atomic E-state index is 0.0861. The molecule has 1 fully saturated rings. The summed E-state index contributed by atoms with van der Waals surface area (Å²) in [5, 5.41) is 3.91. The third-order valence-corrected chi connectivity index (χ3v) is 8.23. The van der Waals surface area contributed by atoms with Crippen LogP contribution in [0.3, 0.4) is 0 Å². The molecule has 208 valence electrons. The van der Waals surface area contributed by atoms with Crippen molar-refractivity contribution in [3.63, 3.8) is 0 Å². The second kappa shape index (κ2) is 13.1. The Kier molecular flexibility index (Phi) is 9.65. The summed E-state index contributed by atoms with van der Waals surface area (Å²) >= 11 is 0. The number of primary amides is 1. The largest absolute Gasteiger partial charge is 0.495 e. The van der Waals surface area contributed by atoms with Crippen molar-refractivity contribution in [3.05, 3.63) is 95.6 Å². The van der Waals surface area contributed by atoms with Crippen molar-refractivity contribution in [2.45, 2.75) is 50.2 Å². The quantitative estimate of drug-likeness (QED) is 0.357. The Morgan fingerprint density at radius 3 is 2.13 bits per heavy atom. The molecule has 1 amide bonds. The topological polar surface area (TPSA) is 70.8 Å². The summed E-state index contributed by atoms with van der Waals surface area (Å²) in [5.74, 6) is 0.891. The molecule has 0 aliphatic carbocycles. The Morgan fingerprint density at radius 2 is 1.62 bits per heavy atom. The molecular formula is C33H44N4O2. The van der Waals surface area contributed by atoms with E-state index in [1.165, 1.54) is 16.7 Å². The number of nitrogens with one attached hydrogen (secondary N) is 1. The van der Waals surface area contributed by atoms with Gasteiger partial charge in [-0.15, -0.1) is 0 Å². The van der Waals surface area contributed by atoms with Crippen LogP contribution in [0.4, 0.5) is 5.69 Å². The Bertz CT molecular complexity index is 1160. The number of hydrogen-bond acceptors (Lipinski definition) is 5. The Morgan fingerprint density at radius 1 is 1.00 bits per heavy atom. The van der Waals surface area contributed by atoms with Gasteiger partial charge in [-0.25, -0.2) is 0 Å². The van der Waals surface area contributed by atoms with Gasteiger partial charge in [0.1, 0.15) is 5.75 Å². The van der Waals surface area contributed by atoms with Crippen LogP contribution < -0.4 is 20.7 Å². The fourth-order valence-electron chi connectivity index (χ4n) is 6.33. The molecule has 1 heterocycles. The molecule has 1 aliphatic rings. The summed E-state index contributed by atoms with van der Waals surface area (Å²) in [6.45, 7) is 3.00. The number of carbonyl (C=O) groups is 1. The number of ether oxygens (including phenoxy) is 1. The van der Waals surface area contributed by atoms with Crippen molar-refractivity contribution < 1.29 is 9.53 Å². The van der Waals surface area contributed by atoms with Crippen LogP contribution in [-0.4, -0.2) is 63.7 Å². The molecule has 0 bridgehead atoms. The number of likely N-dealkylation sites (N-methyl/N-ethyl adjacent to an activating group) is 2. The summed E-state index contributed by atoms with van der Waals surface area (Å²) in [6, 6.07) is 27.8. The van der Waals surface area contributed by atoms with E-state index in [9.17, 15) is 4.79 Å². The lowest BCUT2D eigenvalue weighted by Gasteiger charge is -2.40. The number of methoxy groups -OCH3 is 1. The van der Waals surface area contributed by atoms with Crippen LogP contribution in [0.15, 0.2) is 78.9 Å². The van der Waals surface area contributed by atoms with Crippen molar-refractivity contribution in [3.8, 4) is 5.75 Å². The first-order valence-electron chi connectivity index (χ1n) is 14.0. The molecule has 0 saturated carbocycles. The van der Waals surface area contributed by atoms with Crippen molar-refractivity contribution in [2.24, 2.45) is 11.7 Å². The van der Waals surface area contributed by atoms with Crippen molar-refractivity contribution >= 4 is 11.6 Å². The van der Waals surface area contributed by atoms with Crippen LogP contribution in [0.25, 0.3) is 0 Å². The molecule has 0 aromatic heterocycles. The van der Waals surface area contributed by atoms with E-state index in [1.807, 2.05) is 19.0 Å². The van der Waals surface area contributed by atoms with Crippen LogP contribution >= 0.6 is 0 Å². The third kappa shape index (κ3) is 6.45. The highest BCUT2D eigenvalue weighted by atomic mass is 16.5. The molecule has 1 saturated heterocycles. The highest BCUT2D eigenvalue weighted by Crippen LogP contribution is 2.41. The SMILES string of the molecule is CCCc1ccc(OC)c(N(C)C2C(CC(C(N)=O)N(C)C)CNC2C(c2ccccc2)c2ccccc2)c1. The number of rotatable bonds is 12. The number of aryl methyl sites for hydroxylation is 1. The predicted octanol–water partition coefficient (Wildman–Crippen LogP) is 4.68. The summed E-state index contributed by atoms with van der Waals surface area (Å²) in [4.78, 5) is 16.8. The van der Waals surface area contributed by atoms with E-state index >= 15 is 0 Å². The highest BCUT2D eigenvalue weighted by Gasteiger charge is 2.45. The maximum absolute atomic E-state index is 12.5. The summed E-state index contributed by atoms with van der Waals surface area (Å²) < 4.78 is 5.87. The second-order valence-electron chi connectivity index (χ2n) is 11.0. The average Bonchev–Trinajstić information content (AvgIpc) is 3.35. The normalized spacial score (nSPS) is 19.8. The lowest BCUT2D eigenvalue weighted by molar-refractivity contribution is -0.122. The van der Waals surface area contributed by atoms with Gasteiger partial charge in [0.15, 0.2) is 0 Å². The maximum Gasteiger partial charge on any atom is 0.234 e. The molecule has 4 atom stereocenters. The number of benzene rings is 3. The number of hydrogen-bond donors (Lipinski definition) is 2. The zero-order chi connectivity index (χ0) is 27.9. The fourth-order valence-corrected chi connectivity index (χ4v) is 6.33. The van der Waals surface area contributed by atoms with Gasteiger partial charge in [-0.3, -0.25) is 9.69 Å². The van der Waals surface area contributed by atoms with E-state index < -0.39 is 0 Å².